The Labute approximate surface area is 97.7 Å². The predicted molar refractivity (Wildman–Crippen MR) is 66.7 cm³/mol. The molecule has 2 N–H and O–H groups in total. The first-order valence-electron chi connectivity index (χ1n) is 6.07. The number of aryl methyl sites for hydroxylation is 2. The summed E-state index contributed by atoms with van der Waals surface area (Å²) in [4.78, 5) is 0. The van der Waals surface area contributed by atoms with E-state index >= 15 is 0 Å². The standard InChI is InChI=1S/C14H21NO/c1-11-6-12(2)8-13(7-11)9-14(10-16)4-3-5-15-14/h6-8,15-16H,3-5,9-10H2,1-2H3. The van der Waals surface area contributed by atoms with E-state index in [-0.39, 0.29) is 12.1 Å². The highest BCUT2D eigenvalue weighted by molar-refractivity contribution is 5.30. The predicted octanol–water partition coefficient (Wildman–Crippen LogP) is 1.96. The number of aliphatic hydroxyl groups excluding tert-OH is 1. The van der Waals surface area contributed by atoms with Gasteiger partial charge in [-0.1, -0.05) is 29.3 Å². The molecule has 16 heavy (non-hydrogen) atoms. The highest BCUT2D eigenvalue weighted by Crippen LogP contribution is 2.24. The van der Waals surface area contributed by atoms with E-state index in [4.69, 9.17) is 0 Å². The molecule has 2 nitrogen and oxygen atoms in total. The first-order chi connectivity index (χ1) is 7.63. The molecule has 1 aromatic rings. The van der Waals surface area contributed by atoms with Crippen LogP contribution in [0.4, 0.5) is 0 Å². The summed E-state index contributed by atoms with van der Waals surface area (Å²) in [5, 5.41) is 13.0. The molecule has 88 valence electrons. The Morgan fingerprint density at radius 1 is 1.25 bits per heavy atom. The van der Waals surface area contributed by atoms with Crippen molar-refractivity contribution in [1.82, 2.24) is 5.32 Å². The van der Waals surface area contributed by atoms with Gasteiger partial charge in [-0.2, -0.15) is 0 Å². The van der Waals surface area contributed by atoms with Crippen LogP contribution in [-0.2, 0) is 6.42 Å². The van der Waals surface area contributed by atoms with Crippen LogP contribution in [0.3, 0.4) is 0 Å². The molecule has 1 unspecified atom stereocenters. The van der Waals surface area contributed by atoms with Crippen LogP contribution in [0.2, 0.25) is 0 Å². The molecule has 0 aliphatic carbocycles. The van der Waals surface area contributed by atoms with Crippen LogP contribution >= 0.6 is 0 Å². The van der Waals surface area contributed by atoms with Gasteiger partial charge in [0.2, 0.25) is 0 Å². The van der Waals surface area contributed by atoms with Crippen molar-refractivity contribution in [3.8, 4) is 0 Å². The zero-order valence-electron chi connectivity index (χ0n) is 10.2. The van der Waals surface area contributed by atoms with Crippen molar-refractivity contribution in [2.75, 3.05) is 13.2 Å². The monoisotopic (exact) mass is 219 g/mol. The highest BCUT2D eigenvalue weighted by atomic mass is 16.3. The summed E-state index contributed by atoms with van der Waals surface area (Å²) in [6, 6.07) is 6.64. The van der Waals surface area contributed by atoms with E-state index in [2.05, 4.69) is 37.4 Å². The minimum atomic E-state index is -0.0692. The molecule has 0 saturated carbocycles. The molecule has 0 aromatic heterocycles. The molecule has 0 radical (unpaired) electrons. The number of aliphatic hydroxyl groups is 1. The van der Waals surface area contributed by atoms with Gasteiger partial charge >= 0.3 is 0 Å². The van der Waals surface area contributed by atoms with Gasteiger partial charge in [0.05, 0.1) is 6.61 Å². The fraction of sp³-hybridized carbons (Fsp3) is 0.571. The molecule has 1 aromatic carbocycles. The third-order valence-electron chi connectivity index (χ3n) is 3.46. The fourth-order valence-electron chi connectivity index (χ4n) is 2.77. The number of rotatable bonds is 3. The second kappa shape index (κ2) is 4.56. The van der Waals surface area contributed by atoms with E-state index in [9.17, 15) is 5.11 Å². The van der Waals surface area contributed by atoms with Crippen LogP contribution in [0.15, 0.2) is 18.2 Å². The largest absolute Gasteiger partial charge is 0.394 e. The van der Waals surface area contributed by atoms with Crippen LogP contribution in [0.5, 0.6) is 0 Å². The van der Waals surface area contributed by atoms with Crippen molar-refractivity contribution >= 4 is 0 Å². The highest BCUT2D eigenvalue weighted by Gasteiger charge is 2.32. The SMILES string of the molecule is Cc1cc(C)cc(CC2(CO)CCCN2)c1. The van der Waals surface area contributed by atoms with Crippen LogP contribution in [0.25, 0.3) is 0 Å². The lowest BCUT2D eigenvalue weighted by Crippen LogP contribution is -2.45. The zero-order valence-corrected chi connectivity index (χ0v) is 10.2. The van der Waals surface area contributed by atoms with Gasteiger partial charge < -0.3 is 10.4 Å². The maximum Gasteiger partial charge on any atom is 0.0616 e. The smallest absolute Gasteiger partial charge is 0.0616 e. The van der Waals surface area contributed by atoms with E-state index in [1.165, 1.54) is 23.1 Å². The van der Waals surface area contributed by atoms with Gasteiger partial charge in [0, 0.05) is 5.54 Å². The van der Waals surface area contributed by atoms with Crippen molar-refractivity contribution in [1.29, 1.82) is 0 Å². The first kappa shape index (κ1) is 11.6. The molecular weight excluding hydrogens is 198 g/mol. The van der Waals surface area contributed by atoms with Gasteiger partial charge in [-0.05, 0) is 45.2 Å². The Kier molecular flexibility index (Phi) is 3.31. The minimum Gasteiger partial charge on any atom is -0.394 e. The van der Waals surface area contributed by atoms with Gasteiger partial charge in [-0.25, -0.2) is 0 Å². The summed E-state index contributed by atoms with van der Waals surface area (Å²) in [5.41, 5.74) is 3.88. The molecule has 0 bridgehead atoms. The molecule has 1 saturated heterocycles. The quantitative estimate of drug-likeness (QED) is 0.814. The Balaban J connectivity index is 2.18. The lowest BCUT2D eigenvalue weighted by molar-refractivity contribution is 0.177. The summed E-state index contributed by atoms with van der Waals surface area (Å²) in [7, 11) is 0. The Morgan fingerprint density at radius 2 is 1.94 bits per heavy atom. The number of nitrogens with one attached hydrogen (secondary N) is 1. The molecule has 1 aliphatic heterocycles. The number of hydrogen-bond donors (Lipinski definition) is 2. The van der Waals surface area contributed by atoms with Crippen LogP contribution in [-0.4, -0.2) is 23.8 Å². The molecule has 1 atom stereocenters. The van der Waals surface area contributed by atoms with Gasteiger partial charge in [0.15, 0.2) is 0 Å². The second-order valence-corrected chi connectivity index (χ2v) is 5.14. The van der Waals surface area contributed by atoms with Gasteiger partial charge in [-0.15, -0.1) is 0 Å². The maximum atomic E-state index is 9.55. The summed E-state index contributed by atoms with van der Waals surface area (Å²) in [6.45, 7) is 5.53. The van der Waals surface area contributed by atoms with Gasteiger partial charge in [-0.3, -0.25) is 0 Å². The molecular formula is C14H21NO. The van der Waals surface area contributed by atoms with Crippen molar-refractivity contribution in [2.24, 2.45) is 0 Å². The number of hydrogen-bond acceptors (Lipinski definition) is 2. The van der Waals surface area contributed by atoms with Gasteiger partial charge in [0.1, 0.15) is 0 Å². The summed E-state index contributed by atoms with van der Waals surface area (Å²) < 4.78 is 0. The summed E-state index contributed by atoms with van der Waals surface area (Å²) in [5.74, 6) is 0. The lowest BCUT2D eigenvalue weighted by Gasteiger charge is -2.27. The molecule has 2 heteroatoms. The fourth-order valence-corrected chi connectivity index (χ4v) is 2.77. The van der Waals surface area contributed by atoms with Crippen LogP contribution < -0.4 is 5.32 Å². The Morgan fingerprint density at radius 3 is 2.44 bits per heavy atom. The average Bonchev–Trinajstić information content (AvgIpc) is 2.65. The second-order valence-electron chi connectivity index (χ2n) is 5.14. The summed E-state index contributed by atoms with van der Waals surface area (Å²) in [6.07, 6.45) is 3.19. The summed E-state index contributed by atoms with van der Waals surface area (Å²) >= 11 is 0. The maximum absolute atomic E-state index is 9.55. The molecule has 0 spiro atoms. The van der Waals surface area contributed by atoms with E-state index in [0.29, 0.717) is 0 Å². The molecule has 1 aliphatic rings. The first-order valence-corrected chi connectivity index (χ1v) is 6.07. The molecule has 2 rings (SSSR count). The zero-order chi connectivity index (χ0) is 11.6. The van der Waals surface area contributed by atoms with Crippen molar-refractivity contribution < 1.29 is 5.11 Å². The van der Waals surface area contributed by atoms with Crippen molar-refractivity contribution in [2.45, 2.75) is 38.6 Å². The van der Waals surface area contributed by atoms with E-state index in [1.807, 2.05) is 0 Å². The third kappa shape index (κ3) is 2.45. The van der Waals surface area contributed by atoms with Crippen LogP contribution in [0, 0.1) is 13.8 Å². The average molecular weight is 219 g/mol. The van der Waals surface area contributed by atoms with Crippen molar-refractivity contribution in [3.05, 3.63) is 34.9 Å². The lowest BCUT2D eigenvalue weighted by atomic mass is 9.89. The third-order valence-corrected chi connectivity index (χ3v) is 3.46. The normalized spacial score (nSPS) is 24.9. The van der Waals surface area contributed by atoms with Gasteiger partial charge in [0.25, 0.3) is 0 Å². The van der Waals surface area contributed by atoms with E-state index in [0.717, 1.165) is 19.4 Å². The Bertz CT molecular complexity index is 347. The minimum absolute atomic E-state index is 0.0692. The van der Waals surface area contributed by atoms with E-state index in [1.54, 1.807) is 0 Å². The topological polar surface area (TPSA) is 32.3 Å². The molecule has 1 fully saturated rings. The number of benzene rings is 1. The Hall–Kier alpha value is -0.860. The molecule has 1 heterocycles. The van der Waals surface area contributed by atoms with Crippen molar-refractivity contribution in [3.63, 3.8) is 0 Å². The van der Waals surface area contributed by atoms with Crippen LogP contribution in [0.1, 0.15) is 29.5 Å². The van der Waals surface area contributed by atoms with E-state index < -0.39 is 0 Å². The molecule has 0 amide bonds.